The number of hydrogen-bond donors (Lipinski definition) is 2. The average molecular weight is 282 g/mol. The van der Waals surface area contributed by atoms with Crippen LogP contribution in [0, 0.1) is 0 Å². The first-order chi connectivity index (χ1) is 10.1. The van der Waals surface area contributed by atoms with E-state index < -0.39 is 12.1 Å². The predicted octanol–water partition coefficient (Wildman–Crippen LogP) is 3.03. The lowest BCUT2D eigenvalue weighted by atomic mass is 9.99. The molecule has 3 nitrogen and oxygen atoms in total. The smallest absolute Gasteiger partial charge is 0.305 e. The minimum absolute atomic E-state index is 0.184. The second kappa shape index (κ2) is 5.70. The molecule has 0 heterocycles. The molecule has 0 spiro atoms. The molecule has 21 heavy (non-hydrogen) atoms. The Kier molecular flexibility index (Phi) is 3.76. The number of aliphatic hydroxyl groups is 1. The Morgan fingerprint density at radius 2 is 1.86 bits per heavy atom. The number of carboxylic acid groups (broad SMARTS) is 1. The average Bonchev–Trinajstić information content (AvgIpc) is 2.82. The Balaban J connectivity index is 1.71. The van der Waals surface area contributed by atoms with E-state index >= 15 is 0 Å². The quantitative estimate of drug-likeness (QED) is 0.756. The molecule has 0 radical (unpaired) electrons. The van der Waals surface area contributed by atoms with Gasteiger partial charge in [-0.25, -0.2) is 0 Å². The van der Waals surface area contributed by atoms with E-state index in [0.29, 0.717) is 12.8 Å². The number of benzene rings is 2. The van der Waals surface area contributed by atoms with Crippen LogP contribution in [0.1, 0.15) is 29.5 Å². The van der Waals surface area contributed by atoms with E-state index in [-0.39, 0.29) is 6.42 Å². The van der Waals surface area contributed by atoms with Gasteiger partial charge in [0.2, 0.25) is 0 Å². The molecule has 0 fully saturated rings. The molecule has 2 aromatic rings. The van der Waals surface area contributed by atoms with Crippen LogP contribution >= 0.6 is 0 Å². The van der Waals surface area contributed by atoms with Crippen LogP contribution in [0.3, 0.4) is 0 Å². The number of hydrogen-bond acceptors (Lipinski definition) is 2. The molecule has 3 heteroatoms. The minimum Gasteiger partial charge on any atom is -0.481 e. The number of rotatable bonds is 5. The maximum Gasteiger partial charge on any atom is 0.305 e. The van der Waals surface area contributed by atoms with Gasteiger partial charge in [-0.05, 0) is 47.1 Å². The van der Waals surface area contributed by atoms with Gasteiger partial charge in [-0.2, -0.15) is 0 Å². The molecule has 0 amide bonds. The highest BCUT2D eigenvalue weighted by atomic mass is 16.4. The van der Waals surface area contributed by atoms with Crippen LogP contribution in [0.5, 0.6) is 0 Å². The van der Waals surface area contributed by atoms with Crippen LogP contribution in [0.25, 0.3) is 11.1 Å². The molecule has 0 aliphatic heterocycles. The summed E-state index contributed by atoms with van der Waals surface area (Å²) < 4.78 is 0. The van der Waals surface area contributed by atoms with Crippen molar-refractivity contribution in [2.75, 3.05) is 0 Å². The highest BCUT2D eigenvalue weighted by Gasteiger charge is 2.18. The van der Waals surface area contributed by atoms with Gasteiger partial charge >= 0.3 is 5.97 Å². The fourth-order valence-electron chi connectivity index (χ4n) is 2.99. The Labute approximate surface area is 123 Å². The van der Waals surface area contributed by atoms with E-state index in [4.69, 9.17) is 5.11 Å². The largest absolute Gasteiger partial charge is 0.481 e. The molecular formula is C18H18O3. The molecular weight excluding hydrogens is 264 g/mol. The summed E-state index contributed by atoms with van der Waals surface area (Å²) in [6.45, 7) is 0. The third-order valence-corrected chi connectivity index (χ3v) is 4.03. The first-order valence-electron chi connectivity index (χ1n) is 7.23. The number of carboxylic acids is 1. The summed E-state index contributed by atoms with van der Waals surface area (Å²) in [5.74, 6) is -0.952. The Hall–Kier alpha value is -2.13. The molecule has 108 valence electrons. The second-order valence-corrected chi connectivity index (χ2v) is 5.62. The van der Waals surface area contributed by atoms with Crippen molar-refractivity contribution in [1.82, 2.24) is 0 Å². The molecule has 0 saturated carbocycles. The van der Waals surface area contributed by atoms with Crippen molar-refractivity contribution in [1.29, 1.82) is 0 Å². The number of carbonyl (C=O) groups is 1. The van der Waals surface area contributed by atoms with Gasteiger partial charge in [0, 0.05) is 0 Å². The maximum absolute atomic E-state index is 10.5. The van der Waals surface area contributed by atoms with E-state index in [0.717, 1.165) is 12.0 Å². The van der Waals surface area contributed by atoms with Crippen LogP contribution in [-0.2, 0) is 17.6 Å². The van der Waals surface area contributed by atoms with E-state index in [1.807, 2.05) is 0 Å². The molecule has 2 aromatic carbocycles. The maximum atomic E-state index is 10.5. The van der Waals surface area contributed by atoms with E-state index in [2.05, 4.69) is 42.5 Å². The molecule has 1 aliphatic rings. The molecule has 1 atom stereocenters. The number of aliphatic hydroxyl groups excluding tert-OH is 1. The summed E-state index contributed by atoms with van der Waals surface area (Å²) in [5.41, 5.74) is 6.44. The van der Waals surface area contributed by atoms with Crippen molar-refractivity contribution >= 4 is 5.97 Å². The summed E-state index contributed by atoms with van der Waals surface area (Å²) in [4.78, 5) is 10.5. The topological polar surface area (TPSA) is 57.5 Å². The minimum atomic E-state index is -0.952. The summed E-state index contributed by atoms with van der Waals surface area (Å²) >= 11 is 0. The van der Waals surface area contributed by atoms with Gasteiger partial charge in [0.25, 0.3) is 0 Å². The van der Waals surface area contributed by atoms with Crippen LogP contribution in [0.2, 0.25) is 0 Å². The zero-order chi connectivity index (χ0) is 14.8. The van der Waals surface area contributed by atoms with Gasteiger partial charge in [-0.15, -0.1) is 0 Å². The lowest BCUT2D eigenvalue weighted by molar-refractivity contribution is -0.139. The normalized spacial score (nSPS) is 13.6. The zero-order valence-corrected chi connectivity index (χ0v) is 11.7. The van der Waals surface area contributed by atoms with Gasteiger partial charge < -0.3 is 10.2 Å². The van der Waals surface area contributed by atoms with Gasteiger partial charge in [0.05, 0.1) is 12.5 Å². The fraction of sp³-hybridized carbons (Fsp3) is 0.278. The highest BCUT2D eigenvalue weighted by Crippen LogP contribution is 2.36. The summed E-state index contributed by atoms with van der Waals surface area (Å²) in [6.07, 6.45) is 1.19. The van der Waals surface area contributed by atoms with Gasteiger partial charge in [-0.3, -0.25) is 4.79 Å². The molecule has 0 aromatic heterocycles. The SMILES string of the molecule is O=C(O)C[C@@H](O)CCc1ccc2c(c1)Cc1ccccc1-2. The molecule has 2 N–H and O–H groups in total. The van der Waals surface area contributed by atoms with Crippen molar-refractivity contribution in [3.8, 4) is 11.1 Å². The van der Waals surface area contributed by atoms with Crippen molar-refractivity contribution in [2.45, 2.75) is 31.8 Å². The molecule has 1 aliphatic carbocycles. The van der Waals surface area contributed by atoms with Crippen molar-refractivity contribution < 1.29 is 15.0 Å². The van der Waals surface area contributed by atoms with E-state index in [9.17, 15) is 9.90 Å². The van der Waals surface area contributed by atoms with Gasteiger partial charge in [-0.1, -0.05) is 42.5 Å². The van der Waals surface area contributed by atoms with E-state index in [1.165, 1.54) is 22.3 Å². The molecule has 3 rings (SSSR count). The summed E-state index contributed by atoms with van der Waals surface area (Å²) in [7, 11) is 0. The second-order valence-electron chi connectivity index (χ2n) is 5.62. The third kappa shape index (κ3) is 2.98. The van der Waals surface area contributed by atoms with Crippen LogP contribution < -0.4 is 0 Å². The predicted molar refractivity (Wildman–Crippen MR) is 81.3 cm³/mol. The van der Waals surface area contributed by atoms with Gasteiger partial charge in [0.15, 0.2) is 0 Å². The van der Waals surface area contributed by atoms with E-state index in [1.54, 1.807) is 0 Å². The molecule has 0 bridgehead atoms. The monoisotopic (exact) mass is 282 g/mol. The van der Waals surface area contributed by atoms with Crippen molar-refractivity contribution in [3.63, 3.8) is 0 Å². The number of aryl methyl sites for hydroxylation is 1. The number of aliphatic carboxylic acids is 1. The first-order valence-corrected chi connectivity index (χ1v) is 7.23. The molecule has 0 unspecified atom stereocenters. The Bertz CT molecular complexity index is 676. The standard InChI is InChI=1S/C18H18O3/c19-15(11-18(20)21)7-5-12-6-8-17-14(9-12)10-13-3-1-2-4-16(13)17/h1-4,6,8-9,15,19H,5,7,10-11H2,(H,20,21)/t15-/m0/s1. The van der Waals surface area contributed by atoms with Crippen LogP contribution in [0.4, 0.5) is 0 Å². The summed E-state index contributed by atoms with van der Waals surface area (Å²) in [6, 6.07) is 14.8. The third-order valence-electron chi connectivity index (χ3n) is 4.03. The summed E-state index contributed by atoms with van der Waals surface area (Å²) in [5, 5.41) is 18.3. The van der Waals surface area contributed by atoms with Crippen molar-refractivity contribution in [2.24, 2.45) is 0 Å². The fourth-order valence-corrected chi connectivity index (χ4v) is 2.99. The lowest BCUT2D eigenvalue weighted by Gasteiger charge is -2.09. The van der Waals surface area contributed by atoms with Gasteiger partial charge in [0.1, 0.15) is 0 Å². The number of fused-ring (bicyclic) bond motifs is 3. The Morgan fingerprint density at radius 3 is 2.67 bits per heavy atom. The van der Waals surface area contributed by atoms with Crippen LogP contribution in [0.15, 0.2) is 42.5 Å². The molecule has 0 saturated heterocycles. The van der Waals surface area contributed by atoms with Crippen molar-refractivity contribution in [3.05, 3.63) is 59.2 Å². The van der Waals surface area contributed by atoms with Crippen LogP contribution in [-0.4, -0.2) is 22.3 Å². The highest BCUT2D eigenvalue weighted by molar-refractivity contribution is 5.76. The Morgan fingerprint density at radius 1 is 1.10 bits per heavy atom. The lowest BCUT2D eigenvalue weighted by Crippen LogP contribution is -2.13. The zero-order valence-electron chi connectivity index (χ0n) is 11.7. The first kappa shape index (κ1) is 13.8.